The van der Waals surface area contributed by atoms with Gasteiger partial charge in [0.2, 0.25) is 10.0 Å². The minimum absolute atomic E-state index is 0.339. The molecule has 0 aromatic carbocycles. The highest BCUT2D eigenvalue weighted by molar-refractivity contribution is 7.88. The summed E-state index contributed by atoms with van der Waals surface area (Å²) in [6.07, 6.45) is 5.09. The maximum Gasteiger partial charge on any atom is 0.211 e. The normalized spacial score (nSPS) is 21.0. The van der Waals surface area contributed by atoms with E-state index in [-0.39, 0.29) is 0 Å². The molecule has 0 radical (unpaired) electrons. The van der Waals surface area contributed by atoms with Crippen LogP contribution in [0.4, 0.5) is 0 Å². The maximum atomic E-state index is 11.7. The summed E-state index contributed by atoms with van der Waals surface area (Å²) in [5, 5.41) is 7.78. The predicted molar refractivity (Wildman–Crippen MR) is 83.3 cm³/mol. The van der Waals surface area contributed by atoms with Crippen LogP contribution in [0.5, 0.6) is 0 Å². The van der Waals surface area contributed by atoms with Gasteiger partial charge >= 0.3 is 0 Å². The molecular weight excluding hydrogens is 288 g/mol. The van der Waals surface area contributed by atoms with E-state index in [1.54, 1.807) is 4.31 Å². The molecule has 120 valence electrons. The van der Waals surface area contributed by atoms with Gasteiger partial charge in [-0.1, -0.05) is 13.8 Å². The number of hydrogen-bond acceptors (Lipinski definition) is 4. The lowest BCUT2D eigenvalue weighted by Gasteiger charge is -2.31. The molecule has 0 amide bonds. The summed E-state index contributed by atoms with van der Waals surface area (Å²) in [6, 6.07) is 2.45. The van der Waals surface area contributed by atoms with Gasteiger partial charge in [0, 0.05) is 38.4 Å². The number of nitrogens with zero attached hydrogens (tertiary/aromatic N) is 3. The fourth-order valence-electron chi connectivity index (χ4n) is 2.70. The van der Waals surface area contributed by atoms with Gasteiger partial charge < -0.3 is 5.32 Å². The second kappa shape index (κ2) is 6.89. The highest BCUT2D eigenvalue weighted by Crippen LogP contribution is 2.20. The molecule has 2 heterocycles. The molecular formula is C14H26N4O2S. The van der Waals surface area contributed by atoms with Crippen LogP contribution in [0.15, 0.2) is 12.3 Å². The van der Waals surface area contributed by atoms with Crippen molar-refractivity contribution in [2.24, 2.45) is 5.92 Å². The summed E-state index contributed by atoms with van der Waals surface area (Å²) in [7, 11) is -3.08. The third-order valence-electron chi connectivity index (χ3n) is 3.88. The van der Waals surface area contributed by atoms with E-state index >= 15 is 0 Å². The van der Waals surface area contributed by atoms with Gasteiger partial charge in [0.15, 0.2) is 0 Å². The summed E-state index contributed by atoms with van der Waals surface area (Å²) < 4.78 is 26.9. The van der Waals surface area contributed by atoms with Crippen LogP contribution in [0.25, 0.3) is 0 Å². The van der Waals surface area contributed by atoms with Gasteiger partial charge in [0.25, 0.3) is 0 Å². The number of aromatic nitrogens is 2. The van der Waals surface area contributed by atoms with E-state index < -0.39 is 10.0 Å². The first-order chi connectivity index (χ1) is 9.86. The smallest absolute Gasteiger partial charge is 0.211 e. The lowest BCUT2D eigenvalue weighted by atomic mass is 10.00. The monoisotopic (exact) mass is 314 g/mol. The number of nitrogens with one attached hydrogen (secondary N) is 1. The van der Waals surface area contributed by atoms with Crippen LogP contribution in [0.1, 0.15) is 32.4 Å². The Labute approximate surface area is 127 Å². The summed E-state index contributed by atoms with van der Waals surface area (Å²) in [6.45, 7) is 7.07. The standard InChI is InChI=1S/C14H26N4O2S/c1-12(2)15-9-14-6-7-16-18(14)11-13-5-4-8-17(10-13)21(3,19)20/h6-7,12-13,15H,4-5,8-11H2,1-3H3. The van der Waals surface area contributed by atoms with E-state index in [1.807, 2.05) is 16.9 Å². The number of piperidine rings is 1. The fraction of sp³-hybridized carbons (Fsp3) is 0.786. The Hall–Kier alpha value is -0.920. The van der Waals surface area contributed by atoms with Crippen molar-refractivity contribution in [1.82, 2.24) is 19.4 Å². The van der Waals surface area contributed by atoms with Gasteiger partial charge in [0.05, 0.1) is 11.9 Å². The number of rotatable bonds is 6. The molecule has 1 unspecified atom stereocenters. The van der Waals surface area contributed by atoms with E-state index in [4.69, 9.17) is 0 Å². The molecule has 0 spiro atoms. The van der Waals surface area contributed by atoms with Gasteiger partial charge in [-0.3, -0.25) is 4.68 Å². The quantitative estimate of drug-likeness (QED) is 0.852. The highest BCUT2D eigenvalue weighted by Gasteiger charge is 2.26. The first kappa shape index (κ1) is 16.5. The molecule has 1 aliphatic rings. The Bertz CT molecular complexity index is 553. The first-order valence-corrected chi connectivity index (χ1v) is 9.40. The lowest BCUT2D eigenvalue weighted by Crippen LogP contribution is -2.40. The van der Waals surface area contributed by atoms with Crippen molar-refractivity contribution in [1.29, 1.82) is 0 Å². The largest absolute Gasteiger partial charge is 0.309 e. The average Bonchev–Trinajstić information content (AvgIpc) is 2.83. The Morgan fingerprint density at radius 3 is 2.90 bits per heavy atom. The van der Waals surface area contributed by atoms with E-state index in [0.717, 1.165) is 31.6 Å². The zero-order valence-corrected chi connectivity index (χ0v) is 13.9. The second-order valence-corrected chi connectivity index (χ2v) is 8.15. The Morgan fingerprint density at radius 1 is 1.48 bits per heavy atom. The Morgan fingerprint density at radius 2 is 2.24 bits per heavy atom. The van der Waals surface area contributed by atoms with Gasteiger partial charge in [-0.2, -0.15) is 5.10 Å². The fourth-order valence-corrected chi connectivity index (χ4v) is 3.65. The zero-order chi connectivity index (χ0) is 15.5. The molecule has 0 bridgehead atoms. The second-order valence-electron chi connectivity index (χ2n) is 6.17. The molecule has 21 heavy (non-hydrogen) atoms. The molecule has 0 saturated carbocycles. The van der Waals surface area contributed by atoms with Gasteiger partial charge in [-0.25, -0.2) is 12.7 Å². The van der Waals surface area contributed by atoms with Crippen LogP contribution >= 0.6 is 0 Å². The van der Waals surface area contributed by atoms with Gasteiger partial charge in [-0.05, 0) is 24.8 Å². The lowest BCUT2D eigenvalue weighted by molar-refractivity contribution is 0.238. The van der Waals surface area contributed by atoms with Gasteiger partial charge in [0.1, 0.15) is 0 Å². The molecule has 6 nitrogen and oxygen atoms in total. The molecule has 1 aliphatic heterocycles. The van der Waals surface area contributed by atoms with E-state index in [1.165, 1.54) is 6.26 Å². The van der Waals surface area contributed by atoms with Crippen LogP contribution in [0.3, 0.4) is 0 Å². The molecule has 2 rings (SSSR count). The van der Waals surface area contributed by atoms with Crippen LogP contribution in [-0.4, -0.2) is 47.9 Å². The molecule has 1 fully saturated rings. The van der Waals surface area contributed by atoms with Crippen molar-refractivity contribution in [2.45, 2.75) is 45.8 Å². The molecule has 1 aromatic heterocycles. The topological polar surface area (TPSA) is 67.2 Å². The van der Waals surface area contributed by atoms with Crippen LogP contribution in [0, 0.1) is 5.92 Å². The summed E-state index contributed by atoms with van der Waals surface area (Å²) in [5.74, 6) is 0.339. The summed E-state index contributed by atoms with van der Waals surface area (Å²) in [4.78, 5) is 0. The molecule has 1 N–H and O–H groups in total. The van der Waals surface area contributed by atoms with E-state index in [9.17, 15) is 8.42 Å². The number of hydrogen-bond donors (Lipinski definition) is 1. The van der Waals surface area contributed by atoms with Gasteiger partial charge in [-0.15, -0.1) is 0 Å². The molecule has 7 heteroatoms. The van der Waals surface area contributed by atoms with E-state index in [2.05, 4.69) is 24.3 Å². The SMILES string of the molecule is CC(C)NCc1ccnn1CC1CCCN(S(C)(=O)=O)C1. The minimum atomic E-state index is -3.08. The Kier molecular flexibility index (Phi) is 5.40. The molecule has 0 aliphatic carbocycles. The van der Waals surface area contributed by atoms with Crippen LogP contribution in [-0.2, 0) is 23.1 Å². The van der Waals surface area contributed by atoms with Crippen molar-refractivity contribution < 1.29 is 8.42 Å². The molecule has 1 atom stereocenters. The zero-order valence-electron chi connectivity index (χ0n) is 13.1. The summed E-state index contributed by atoms with van der Waals surface area (Å²) in [5.41, 5.74) is 1.15. The van der Waals surface area contributed by atoms with Crippen molar-refractivity contribution in [3.63, 3.8) is 0 Å². The highest BCUT2D eigenvalue weighted by atomic mass is 32.2. The van der Waals surface area contributed by atoms with E-state index in [0.29, 0.717) is 25.0 Å². The maximum absolute atomic E-state index is 11.7. The molecule has 1 aromatic rings. The minimum Gasteiger partial charge on any atom is -0.309 e. The van der Waals surface area contributed by atoms with Crippen molar-refractivity contribution >= 4 is 10.0 Å². The number of sulfonamides is 1. The van der Waals surface area contributed by atoms with Crippen molar-refractivity contribution in [2.75, 3.05) is 19.3 Å². The van der Waals surface area contributed by atoms with Crippen LogP contribution < -0.4 is 5.32 Å². The third kappa shape index (κ3) is 4.79. The average molecular weight is 314 g/mol. The third-order valence-corrected chi connectivity index (χ3v) is 5.15. The molecule has 1 saturated heterocycles. The van der Waals surface area contributed by atoms with Crippen molar-refractivity contribution in [3.8, 4) is 0 Å². The van der Waals surface area contributed by atoms with Crippen LogP contribution in [0.2, 0.25) is 0 Å². The Balaban J connectivity index is 1.97. The predicted octanol–water partition coefficient (Wildman–Crippen LogP) is 1.05. The first-order valence-electron chi connectivity index (χ1n) is 7.55. The summed E-state index contributed by atoms with van der Waals surface area (Å²) >= 11 is 0. The van der Waals surface area contributed by atoms with Crippen molar-refractivity contribution in [3.05, 3.63) is 18.0 Å².